The summed E-state index contributed by atoms with van der Waals surface area (Å²) in [4.78, 5) is 14.4. The van der Waals surface area contributed by atoms with Crippen molar-refractivity contribution < 1.29 is 18.3 Å². The normalized spacial score (nSPS) is 21.4. The molecule has 1 atom stereocenters. The van der Waals surface area contributed by atoms with Gasteiger partial charge in [-0.3, -0.25) is 4.79 Å². The summed E-state index contributed by atoms with van der Waals surface area (Å²) in [6.45, 7) is 5.68. The average Bonchev–Trinajstić information content (AvgIpc) is 2.56. The summed E-state index contributed by atoms with van der Waals surface area (Å²) in [6.07, 6.45) is 2.28. The quantitative estimate of drug-likeness (QED) is 0.662. The number of amides is 1. The number of nitrogens with zero attached hydrogens (tertiary/aromatic N) is 1. The highest BCUT2D eigenvalue weighted by Crippen LogP contribution is 2.24. The largest absolute Gasteiger partial charge is 0.379 e. The van der Waals surface area contributed by atoms with Crippen molar-refractivity contribution >= 4 is 15.7 Å². The van der Waals surface area contributed by atoms with Gasteiger partial charge in [0.05, 0.1) is 5.75 Å². The number of hydrogen-bond acceptors (Lipinski definition) is 5. The van der Waals surface area contributed by atoms with Crippen molar-refractivity contribution in [2.45, 2.75) is 44.8 Å². The monoisotopic (exact) mass is 382 g/mol. The van der Waals surface area contributed by atoms with E-state index >= 15 is 0 Å². The molecule has 1 aromatic rings. The Morgan fingerprint density at radius 2 is 1.92 bits per heavy atom. The lowest BCUT2D eigenvalue weighted by Gasteiger charge is -2.38. The molecule has 146 valence electrons. The first-order valence-electron chi connectivity index (χ1n) is 9.10. The van der Waals surface area contributed by atoms with Gasteiger partial charge in [0.15, 0.2) is 5.60 Å². The Labute approximate surface area is 156 Å². The second-order valence-corrected chi connectivity index (χ2v) is 9.82. The molecule has 0 aromatic heterocycles. The van der Waals surface area contributed by atoms with Crippen LogP contribution in [0.4, 0.5) is 0 Å². The SMILES string of the molecule is CC(C)c1ccc(CN2CCC[C@@](O)(CNCCS(C)(=O)=O)C2=O)cc1. The smallest absolute Gasteiger partial charge is 0.256 e. The van der Waals surface area contributed by atoms with E-state index in [2.05, 4.69) is 31.3 Å². The third kappa shape index (κ3) is 5.79. The van der Waals surface area contributed by atoms with Crippen LogP contribution in [-0.4, -0.2) is 61.6 Å². The van der Waals surface area contributed by atoms with Gasteiger partial charge in [-0.15, -0.1) is 0 Å². The Hall–Kier alpha value is -1.44. The van der Waals surface area contributed by atoms with E-state index in [0.29, 0.717) is 25.4 Å². The van der Waals surface area contributed by atoms with Crippen LogP contribution in [0.1, 0.15) is 43.7 Å². The first kappa shape index (κ1) is 20.9. The van der Waals surface area contributed by atoms with Gasteiger partial charge in [-0.2, -0.15) is 0 Å². The molecule has 2 N–H and O–H groups in total. The Morgan fingerprint density at radius 1 is 1.27 bits per heavy atom. The lowest BCUT2D eigenvalue weighted by atomic mass is 9.91. The van der Waals surface area contributed by atoms with Crippen molar-refractivity contribution in [1.29, 1.82) is 0 Å². The van der Waals surface area contributed by atoms with Crippen LogP contribution in [0.15, 0.2) is 24.3 Å². The van der Waals surface area contributed by atoms with Gasteiger partial charge in [-0.1, -0.05) is 38.1 Å². The van der Waals surface area contributed by atoms with E-state index in [1.807, 2.05) is 12.1 Å². The van der Waals surface area contributed by atoms with E-state index < -0.39 is 15.4 Å². The van der Waals surface area contributed by atoms with Gasteiger partial charge in [-0.05, 0) is 29.9 Å². The molecule has 0 radical (unpaired) electrons. The summed E-state index contributed by atoms with van der Waals surface area (Å²) in [7, 11) is -3.06. The van der Waals surface area contributed by atoms with Crippen molar-refractivity contribution in [2.75, 3.05) is 31.6 Å². The van der Waals surface area contributed by atoms with Crippen molar-refractivity contribution in [3.63, 3.8) is 0 Å². The standard InChI is InChI=1S/C19H30N2O4S/c1-15(2)17-7-5-16(6-8-17)13-21-11-4-9-19(23,18(21)22)14-20-10-12-26(3,24)25/h5-8,15,20,23H,4,9-14H2,1-3H3/t19-/m1/s1. The van der Waals surface area contributed by atoms with E-state index in [1.165, 1.54) is 11.8 Å². The van der Waals surface area contributed by atoms with Crippen LogP contribution in [0.5, 0.6) is 0 Å². The minimum Gasteiger partial charge on any atom is -0.379 e. The lowest BCUT2D eigenvalue weighted by Crippen LogP contribution is -2.58. The predicted molar refractivity (Wildman–Crippen MR) is 103 cm³/mol. The van der Waals surface area contributed by atoms with Crippen LogP contribution in [0, 0.1) is 0 Å². The van der Waals surface area contributed by atoms with E-state index in [4.69, 9.17) is 0 Å². The number of hydrogen-bond donors (Lipinski definition) is 2. The fraction of sp³-hybridized carbons (Fsp3) is 0.632. The molecule has 26 heavy (non-hydrogen) atoms. The van der Waals surface area contributed by atoms with Crippen LogP contribution >= 0.6 is 0 Å². The molecule has 1 fully saturated rings. The summed E-state index contributed by atoms with van der Waals surface area (Å²) < 4.78 is 22.3. The fourth-order valence-electron chi connectivity index (χ4n) is 3.16. The van der Waals surface area contributed by atoms with Gasteiger partial charge in [-0.25, -0.2) is 8.42 Å². The number of sulfone groups is 1. The Bertz CT molecular complexity index is 716. The van der Waals surface area contributed by atoms with E-state index in [9.17, 15) is 18.3 Å². The summed E-state index contributed by atoms with van der Waals surface area (Å²) >= 11 is 0. The molecular formula is C19H30N2O4S. The van der Waals surface area contributed by atoms with E-state index in [-0.39, 0.29) is 24.7 Å². The maximum absolute atomic E-state index is 12.7. The second kappa shape index (κ2) is 8.50. The molecule has 1 aromatic carbocycles. The van der Waals surface area contributed by atoms with Crippen LogP contribution in [0.25, 0.3) is 0 Å². The van der Waals surface area contributed by atoms with Gasteiger partial charge in [0.1, 0.15) is 9.84 Å². The van der Waals surface area contributed by atoms with Crippen molar-refractivity contribution in [3.05, 3.63) is 35.4 Å². The molecule has 1 heterocycles. The fourth-order valence-corrected chi connectivity index (χ4v) is 3.68. The number of carbonyl (C=O) groups excluding carboxylic acids is 1. The van der Waals surface area contributed by atoms with Crippen LogP contribution in [-0.2, 0) is 21.2 Å². The highest BCUT2D eigenvalue weighted by Gasteiger charge is 2.41. The van der Waals surface area contributed by atoms with E-state index in [0.717, 1.165) is 12.0 Å². The van der Waals surface area contributed by atoms with Gasteiger partial charge in [0.25, 0.3) is 5.91 Å². The van der Waals surface area contributed by atoms with Crippen LogP contribution < -0.4 is 5.32 Å². The predicted octanol–water partition coefficient (Wildman–Crippen LogP) is 1.30. The molecule has 0 bridgehead atoms. The average molecular weight is 383 g/mol. The Kier molecular flexibility index (Phi) is 6.82. The zero-order valence-electron chi connectivity index (χ0n) is 15.9. The van der Waals surface area contributed by atoms with Gasteiger partial charge < -0.3 is 15.3 Å². The van der Waals surface area contributed by atoms with Gasteiger partial charge in [0.2, 0.25) is 0 Å². The number of piperidine rings is 1. The third-order valence-electron chi connectivity index (χ3n) is 4.79. The molecule has 1 amide bonds. The number of nitrogens with one attached hydrogen (secondary N) is 1. The minimum absolute atomic E-state index is 0.0107. The lowest BCUT2D eigenvalue weighted by molar-refractivity contribution is -0.157. The van der Waals surface area contributed by atoms with Crippen molar-refractivity contribution in [2.24, 2.45) is 0 Å². The van der Waals surface area contributed by atoms with Crippen LogP contribution in [0.3, 0.4) is 0 Å². The highest BCUT2D eigenvalue weighted by atomic mass is 32.2. The summed E-state index contributed by atoms with van der Waals surface area (Å²) in [6, 6.07) is 8.21. The van der Waals surface area contributed by atoms with Crippen molar-refractivity contribution in [3.8, 4) is 0 Å². The Morgan fingerprint density at radius 3 is 2.50 bits per heavy atom. The molecule has 1 aliphatic heterocycles. The third-order valence-corrected chi connectivity index (χ3v) is 5.74. The number of rotatable bonds is 8. The topological polar surface area (TPSA) is 86.7 Å². The molecule has 2 rings (SSSR count). The highest BCUT2D eigenvalue weighted by molar-refractivity contribution is 7.90. The Balaban J connectivity index is 1.95. The zero-order chi connectivity index (χ0) is 19.4. The second-order valence-electron chi connectivity index (χ2n) is 7.56. The van der Waals surface area contributed by atoms with E-state index in [1.54, 1.807) is 4.90 Å². The first-order valence-corrected chi connectivity index (χ1v) is 11.2. The number of likely N-dealkylation sites (tertiary alicyclic amines) is 1. The van der Waals surface area contributed by atoms with Gasteiger partial charge in [0, 0.05) is 32.4 Å². The molecular weight excluding hydrogens is 352 g/mol. The molecule has 0 unspecified atom stereocenters. The maximum Gasteiger partial charge on any atom is 0.256 e. The first-order chi connectivity index (χ1) is 12.1. The molecule has 6 nitrogen and oxygen atoms in total. The summed E-state index contributed by atoms with van der Waals surface area (Å²) in [5, 5.41) is 13.6. The number of aliphatic hydroxyl groups is 1. The minimum atomic E-state index is -3.06. The molecule has 1 aliphatic rings. The molecule has 0 spiro atoms. The molecule has 1 saturated heterocycles. The van der Waals surface area contributed by atoms with Gasteiger partial charge >= 0.3 is 0 Å². The van der Waals surface area contributed by atoms with Crippen LogP contribution in [0.2, 0.25) is 0 Å². The molecule has 0 aliphatic carbocycles. The molecule has 0 saturated carbocycles. The van der Waals surface area contributed by atoms with Crippen molar-refractivity contribution in [1.82, 2.24) is 10.2 Å². The maximum atomic E-state index is 12.7. The number of carbonyl (C=O) groups is 1. The number of benzene rings is 1. The molecule has 7 heteroatoms. The summed E-state index contributed by atoms with van der Waals surface area (Å²) in [5.41, 5.74) is 0.829. The zero-order valence-corrected chi connectivity index (χ0v) is 16.7. The summed E-state index contributed by atoms with van der Waals surface area (Å²) in [5.74, 6) is 0.163.